The van der Waals surface area contributed by atoms with Crippen LogP contribution in [-0.4, -0.2) is 126 Å². The number of hydrogen-bond acceptors (Lipinski definition) is 13. The predicted octanol–water partition coefficient (Wildman–Crippen LogP) is -0.801. The van der Waals surface area contributed by atoms with Crippen LogP contribution in [0.1, 0.15) is 0 Å². The number of aliphatic hydroxyl groups is 4. The largest absolute Gasteiger partial charge is 0.493 e. The number of aromatic nitrogens is 1. The van der Waals surface area contributed by atoms with Gasteiger partial charge in [-0.1, -0.05) is 18.2 Å². The molecule has 7 unspecified atom stereocenters. The summed E-state index contributed by atoms with van der Waals surface area (Å²) in [5.41, 5.74) is 0.948. The van der Waals surface area contributed by atoms with Crippen LogP contribution in [0.15, 0.2) is 34.5 Å². The normalized spacial score (nSPS) is 25.2. The third-order valence-electron chi connectivity index (χ3n) is 5.88. The van der Waals surface area contributed by atoms with Crippen LogP contribution >= 0.6 is 12.2 Å². The Kier molecular flexibility index (Phi) is 12.3. The van der Waals surface area contributed by atoms with Crippen molar-refractivity contribution in [3.63, 3.8) is 0 Å². The Morgan fingerprint density at radius 1 is 1.21 bits per heavy atom. The highest BCUT2D eigenvalue weighted by molar-refractivity contribution is 7.80. The second-order valence-corrected chi connectivity index (χ2v) is 8.90. The Hall–Kier alpha value is -2.35. The molecule has 16 heteroatoms. The van der Waals surface area contributed by atoms with Gasteiger partial charge >= 0.3 is 0 Å². The fourth-order valence-electron chi connectivity index (χ4n) is 4.02. The molecule has 1 aromatic heterocycles. The van der Waals surface area contributed by atoms with E-state index in [9.17, 15) is 25.5 Å². The number of nitrogens with zero attached hydrogens (tertiary/aromatic N) is 2. The van der Waals surface area contributed by atoms with Gasteiger partial charge in [0.15, 0.2) is 18.3 Å². The molecule has 1 saturated heterocycles. The van der Waals surface area contributed by atoms with Crippen LogP contribution in [0.25, 0.3) is 10.9 Å². The number of aromatic hydroxyl groups is 1. The lowest BCUT2D eigenvalue weighted by Crippen LogP contribution is -2.66. The maximum Gasteiger partial charge on any atom is 0.218 e. The van der Waals surface area contributed by atoms with Gasteiger partial charge in [0.1, 0.15) is 24.5 Å². The average Bonchev–Trinajstić information content (AvgIpc) is 3.25. The van der Waals surface area contributed by atoms with E-state index in [-0.39, 0.29) is 49.7 Å². The topological polar surface area (TPSA) is 212 Å². The lowest BCUT2D eigenvalue weighted by atomic mass is 9.96. The zero-order chi connectivity index (χ0) is 28.4. The van der Waals surface area contributed by atoms with Crippen LogP contribution in [0.5, 0.6) is 5.88 Å². The van der Waals surface area contributed by atoms with Crippen molar-refractivity contribution in [2.75, 3.05) is 47.2 Å². The number of hydrogen-bond donors (Lipinski definition) is 8. The standard InChI is InChI=1S/C23H35N5O10S/c1-34-20-14(10-29)38-22(35-2)18(19(20)32)26-15(30)11-36-7-8-37-16(31)9-24-23(39)28-27-17-12-5-3-4-6-13(12)25-21(17)33/h3-6,14-16,18-20,22,25-26,29-33H,7-11H2,1-2H3,(H,24,39). The number of nitrogens with one attached hydrogen (secondary N) is 3. The molecule has 3 rings (SSSR count). The molecule has 2 heterocycles. The molecule has 0 radical (unpaired) electrons. The van der Waals surface area contributed by atoms with Gasteiger partial charge in [-0.05, 0) is 18.3 Å². The maximum absolute atomic E-state index is 10.6. The van der Waals surface area contributed by atoms with Crippen molar-refractivity contribution in [3.8, 4) is 5.88 Å². The first-order valence-electron chi connectivity index (χ1n) is 12.1. The van der Waals surface area contributed by atoms with Crippen molar-refractivity contribution in [3.05, 3.63) is 24.3 Å². The summed E-state index contributed by atoms with van der Waals surface area (Å²) in [7, 11) is 2.75. The predicted molar refractivity (Wildman–Crippen MR) is 140 cm³/mol. The number of methoxy groups -OCH3 is 2. The van der Waals surface area contributed by atoms with E-state index in [0.717, 1.165) is 0 Å². The molecule has 0 saturated carbocycles. The van der Waals surface area contributed by atoms with Crippen molar-refractivity contribution in [2.24, 2.45) is 10.2 Å². The van der Waals surface area contributed by atoms with Gasteiger partial charge in [-0.2, -0.15) is 0 Å². The lowest BCUT2D eigenvalue weighted by Gasteiger charge is -2.43. The van der Waals surface area contributed by atoms with E-state index in [1.807, 2.05) is 6.07 Å². The highest BCUT2D eigenvalue weighted by Crippen LogP contribution is 2.35. The second-order valence-electron chi connectivity index (χ2n) is 8.51. The summed E-state index contributed by atoms with van der Waals surface area (Å²) >= 11 is 5.07. The molecule has 0 bridgehead atoms. The Balaban J connectivity index is 1.32. The minimum Gasteiger partial charge on any atom is -0.493 e. The van der Waals surface area contributed by atoms with E-state index in [1.165, 1.54) is 14.2 Å². The smallest absolute Gasteiger partial charge is 0.218 e. The number of aliphatic hydroxyl groups excluding tert-OH is 4. The van der Waals surface area contributed by atoms with Crippen LogP contribution in [-0.2, 0) is 23.7 Å². The van der Waals surface area contributed by atoms with Crippen molar-refractivity contribution in [1.29, 1.82) is 0 Å². The molecule has 0 spiro atoms. The second kappa shape index (κ2) is 15.4. The molecule has 7 atom stereocenters. The van der Waals surface area contributed by atoms with Gasteiger partial charge in [-0.15, -0.1) is 10.2 Å². The summed E-state index contributed by atoms with van der Waals surface area (Å²) in [5, 5.41) is 64.2. The van der Waals surface area contributed by atoms with Gasteiger partial charge in [-0.3, -0.25) is 5.32 Å². The molecule has 1 aliphatic heterocycles. The van der Waals surface area contributed by atoms with Crippen LogP contribution in [0.4, 0.5) is 5.69 Å². The Labute approximate surface area is 229 Å². The van der Waals surface area contributed by atoms with Crippen molar-refractivity contribution in [1.82, 2.24) is 15.6 Å². The quantitative estimate of drug-likeness (QED) is 0.0603. The van der Waals surface area contributed by atoms with Crippen LogP contribution in [0.3, 0.4) is 0 Å². The summed E-state index contributed by atoms with van der Waals surface area (Å²) in [5.74, 6) is -0.136. The monoisotopic (exact) mass is 573 g/mol. The van der Waals surface area contributed by atoms with E-state index in [0.29, 0.717) is 10.9 Å². The van der Waals surface area contributed by atoms with Crippen molar-refractivity contribution < 1.29 is 49.2 Å². The summed E-state index contributed by atoms with van der Waals surface area (Å²) < 4.78 is 26.6. The first-order valence-corrected chi connectivity index (χ1v) is 12.5. The first kappa shape index (κ1) is 31.2. The minimum atomic E-state index is -1.23. The van der Waals surface area contributed by atoms with E-state index in [2.05, 4.69) is 25.8 Å². The average molecular weight is 574 g/mol. The zero-order valence-corrected chi connectivity index (χ0v) is 22.3. The number of ether oxygens (including phenoxy) is 5. The third-order valence-corrected chi connectivity index (χ3v) is 6.11. The number of H-pyrrole nitrogens is 1. The van der Waals surface area contributed by atoms with E-state index in [1.54, 1.807) is 18.2 Å². The number of fused-ring (bicyclic) bond motifs is 1. The summed E-state index contributed by atoms with van der Waals surface area (Å²) in [6.45, 7) is -0.559. The van der Waals surface area contributed by atoms with Gasteiger partial charge in [0.25, 0.3) is 0 Å². The van der Waals surface area contributed by atoms with Gasteiger partial charge in [-0.25, -0.2) is 0 Å². The van der Waals surface area contributed by atoms with E-state index in [4.69, 9.17) is 35.9 Å². The summed E-state index contributed by atoms with van der Waals surface area (Å²) in [4.78, 5) is 2.79. The highest BCUT2D eigenvalue weighted by Gasteiger charge is 2.46. The number of rotatable bonds is 14. The number of benzene rings is 1. The molecular weight excluding hydrogens is 538 g/mol. The Bertz CT molecular complexity index is 1080. The molecule has 218 valence electrons. The van der Waals surface area contributed by atoms with E-state index < -0.39 is 43.2 Å². The van der Waals surface area contributed by atoms with Crippen LogP contribution < -0.4 is 10.6 Å². The number of aromatic amines is 1. The number of thiocarbonyl (C=S) groups is 1. The SMILES string of the molecule is COC1OC(CO)C(OC)C(O)C1NC(O)COCCOC(O)CNC(=S)N=Nc1c(O)[nH]c2ccccc12. The molecule has 1 aromatic carbocycles. The van der Waals surface area contributed by atoms with Crippen LogP contribution in [0, 0.1) is 0 Å². The summed E-state index contributed by atoms with van der Waals surface area (Å²) in [6.07, 6.45) is -6.11. The van der Waals surface area contributed by atoms with Crippen LogP contribution in [0.2, 0.25) is 0 Å². The van der Waals surface area contributed by atoms with Gasteiger partial charge in [0.2, 0.25) is 11.0 Å². The first-order chi connectivity index (χ1) is 18.8. The molecule has 0 amide bonds. The summed E-state index contributed by atoms with van der Waals surface area (Å²) in [6, 6.07) is 6.33. The molecule has 8 N–H and O–H groups in total. The van der Waals surface area contributed by atoms with Gasteiger partial charge < -0.3 is 59.5 Å². The van der Waals surface area contributed by atoms with Crippen molar-refractivity contribution >= 4 is 33.9 Å². The minimum absolute atomic E-state index is 0.00679. The molecule has 1 fully saturated rings. The fraction of sp³-hybridized carbons (Fsp3) is 0.609. The molecule has 0 aliphatic carbocycles. The molecule has 2 aromatic rings. The molecule has 15 nitrogen and oxygen atoms in total. The van der Waals surface area contributed by atoms with Gasteiger partial charge in [0, 0.05) is 19.6 Å². The molecule has 1 aliphatic rings. The number of azo groups is 1. The van der Waals surface area contributed by atoms with E-state index >= 15 is 0 Å². The maximum atomic E-state index is 10.6. The fourth-order valence-corrected chi connectivity index (χ4v) is 4.15. The Morgan fingerprint density at radius 3 is 2.69 bits per heavy atom. The zero-order valence-electron chi connectivity index (χ0n) is 21.5. The third kappa shape index (κ3) is 8.57. The van der Waals surface area contributed by atoms with Gasteiger partial charge in [0.05, 0.1) is 44.5 Å². The molecule has 39 heavy (non-hydrogen) atoms. The number of para-hydroxylation sites is 1. The van der Waals surface area contributed by atoms with Crippen molar-refractivity contribution in [2.45, 2.75) is 43.2 Å². The highest BCUT2D eigenvalue weighted by atomic mass is 32.1. The Morgan fingerprint density at radius 2 is 1.97 bits per heavy atom. The lowest BCUT2D eigenvalue weighted by molar-refractivity contribution is -0.271. The molecular formula is C23H35N5O10S.